The van der Waals surface area contributed by atoms with E-state index in [9.17, 15) is 9.59 Å². The summed E-state index contributed by atoms with van der Waals surface area (Å²) in [5, 5.41) is 14.4. The number of hydrogen-bond acceptors (Lipinski definition) is 2. The normalized spacial score (nSPS) is 25.2. The summed E-state index contributed by atoms with van der Waals surface area (Å²) in [6.45, 7) is 4.02. The van der Waals surface area contributed by atoms with Gasteiger partial charge >= 0.3 is 12.0 Å². The van der Waals surface area contributed by atoms with Crippen LogP contribution in [0.3, 0.4) is 0 Å². The van der Waals surface area contributed by atoms with Gasteiger partial charge in [-0.3, -0.25) is 4.79 Å². The predicted molar refractivity (Wildman–Crippen MR) is 74.0 cm³/mol. The standard InChI is InChI=1S/C14H26N2O3/c1-10-6-4-3-5-7-12(10)16-14(19)15-11(2)8-9-13(17)18/h10-12H,3-9H2,1-2H3,(H,17,18)(H2,15,16,19). The summed E-state index contributed by atoms with van der Waals surface area (Å²) in [6.07, 6.45) is 6.42. The number of carboxylic acids is 1. The highest BCUT2D eigenvalue weighted by atomic mass is 16.4. The van der Waals surface area contributed by atoms with E-state index >= 15 is 0 Å². The number of aliphatic carboxylic acids is 1. The van der Waals surface area contributed by atoms with Gasteiger partial charge in [0.05, 0.1) is 0 Å². The lowest BCUT2D eigenvalue weighted by atomic mass is 9.97. The third kappa shape index (κ3) is 6.45. The maximum atomic E-state index is 11.9. The molecule has 0 aromatic heterocycles. The zero-order valence-electron chi connectivity index (χ0n) is 11.9. The molecule has 3 atom stereocenters. The van der Waals surface area contributed by atoms with Crippen molar-refractivity contribution in [3.63, 3.8) is 0 Å². The first kappa shape index (κ1) is 15.8. The molecule has 0 aromatic rings. The van der Waals surface area contributed by atoms with Gasteiger partial charge < -0.3 is 15.7 Å². The molecule has 0 spiro atoms. The van der Waals surface area contributed by atoms with Crippen molar-refractivity contribution in [2.75, 3.05) is 0 Å². The van der Waals surface area contributed by atoms with E-state index in [0.29, 0.717) is 12.3 Å². The number of urea groups is 1. The van der Waals surface area contributed by atoms with Crippen LogP contribution in [-0.4, -0.2) is 29.2 Å². The van der Waals surface area contributed by atoms with Crippen LogP contribution in [0.5, 0.6) is 0 Å². The summed E-state index contributed by atoms with van der Waals surface area (Å²) in [5.41, 5.74) is 0. The van der Waals surface area contributed by atoms with Crippen molar-refractivity contribution >= 4 is 12.0 Å². The minimum Gasteiger partial charge on any atom is -0.481 e. The van der Waals surface area contributed by atoms with Crippen LogP contribution in [0.15, 0.2) is 0 Å². The highest BCUT2D eigenvalue weighted by molar-refractivity contribution is 5.74. The number of carboxylic acid groups (broad SMARTS) is 1. The third-order valence-electron chi connectivity index (χ3n) is 3.85. The molecule has 1 aliphatic rings. The maximum Gasteiger partial charge on any atom is 0.315 e. The molecule has 0 radical (unpaired) electrons. The molecule has 1 saturated carbocycles. The molecule has 3 N–H and O–H groups in total. The van der Waals surface area contributed by atoms with Crippen molar-refractivity contribution in [1.29, 1.82) is 0 Å². The molecular formula is C14H26N2O3. The van der Waals surface area contributed by atoms with Gasteiger partial charge in [-0.15, -0.1) is 0 Å². The Kier molecular flexibility index (Phi) is 6.67. The Hall–Kier alpha value is -1.26. The van der Waals surface area contributed by atoms with Crippen LogP contribution in [0.2, 0.25) is 0 Å². The largest absolute Gasteiger partial charge is 0.481 e. The monoisotopic (exact) mass is 270 g/mol. The molecule has 0 aliphatic heterocycles. The van der Waals surface area contributed by atoms with E-state index in [-0.39, 0.29) is 24.5 Å². The highest BCUT2D eigenvalue weighted by Crippen LogP contribution is 2.22. The number of carbonyl (C=O) groups is 2. The number of carbonyl (C=O) groups excluding carboxylic acids is 1. The van der Waals surface area contributed by atoms with Crippen molar-refractivity contribution in [1.82, 2.24) is 10.6 Å². The van der Waals surface area contributed by atoms with Gasteiger partial charge in [0.2, 0.25) is 0 Å². The van der Waals surface area contributed by atoms with Crippen LogP contribution >= 0.6 is 0 Å². The molecule has 0 heterocycles. The van der Waals surface area contributed by atoms with Gasteiger partial charge in [-0.05, 0) is 32.1 Å². The van der Waals surface area contributed by atoms with Crippen LogP contribution in [-0.2, 0) is 4.79 Å². The fourth-order valence-electron chi connectivity index (χ4n) is 2.55. The summed E-state index contributed by atoms with van der Waals surface area (Å²) in [5.74, 6) is -0.311. The Labute approximate surface area is 115 Å². The van der Waals surface area contributed by atoms with E-state index in [2.05, 4.69) is 17.6 Å². The lowest BCUT2D eigenvalue weighted by Crippen LogP contribution is -2.47. The average Bonchev–Trinajstić information content (AvgIpc) is 2.52. The molecule has 2 amide bonds. The van der Waals surface area contributed by atoms with Crippen LogP contribution < -0.4 is 10.6 Å². The van der Waals surface area contributed by atoms with E-state index in [1.54, 1.807) is 0 Å². The van der Waals surface area contributed by atoms with E-state index in [1.165, 1.54) is 25.7 Å². The lowest BCUT2D eigenvalue weighted by Gasteiger charge is -2.24. The summed E-state index contributed by atoms with van der Waals surface area (Å²) in [4.78, 5) is 22.3. The minimum atomic E-state index is -0.827. The topological polar surface area (TPSA) is 78.4 Å². The highest BCUT2D eigenvalue weighted by Gasteiger charge is 2.21. The SMILES string of the molecule is CC(CCC(=O)O)NC(=O)NC1CCCCCC1C. The number of nitrogens with one attached hydrogen (secondary N) is 2. The molecule has 110 valence electrons. The van der Waals surface area contributed by atoms with E-state index < -0.39 is 5.97 Å². The van der Waals surface area contributed by atoms with E-state index in [4.69, 9.17) is 5.11 Å². The van der Waals surface area contributed by atoms with Gasteiger partial charge in [0.25, 0.3) is 0 Å². The van der Waals surface area contributed by atoms with Crippen LogP contribution in [0.1, 0.15) is 58.8 Å². The van der Waals surface area contributed by atoms with E-state index in [0.717, 1.165) is 6.42 Å². The van der Waals surface area contributed by atoms with Gasteiger partial charge in [0, 0.05) is 18.5 Å². The minimum absolute atomic E-state index is 0.0846. The van der Waals surface area contributed by atoms with Crippen molar-refractivity contribution in [2.45, 2.75) is 70.9 Å². The van der Waals surface area contributed by atoms with Crippen molar-refractivity contribution in [3.8, 4) is 0 Å². The summed E-state index contributed by atoms with van der Waals surface area (Å²) >= 11 is 0. The molecular weight excluding hydrogens is 244 g/mol. The van der Waals surface area contributed by atoms with Gasteiger partial charge in [-0.25, -0.2) is 4.79 Å². The Morgan fingerprint density at radius 3 is 2.63 bits per heavy atom. The van der Waals surface area contributed by atoms with Gasteiger partial charge in [0.1, 0.15) is 0 Å². The first-order chi connectivity index (χ1) is 8.99. The van der Waals surface area contributed by atoms with Crippen molar-refractivity contribution in [2.24, 2.45) is 5.92 Å². The molecule has 1 fully saturated rings. The maximum absolute atomic E-state index is 11.9. The van der Waals surface area contributed by atoms with Crippen LogP contribution in [0, 0.1) is 5.92 Å². The van der Waals surface area contributed by atoms with Gasteiger partial charge in [0.15, 0.2) is 0 Å². The Bertz CT molecular complexity index is 307. The second kappa shape index (κ2) is 8.02. The second-order valence-corrected chi connectivity index (χ2v) is 5.67. The molecule has 1 rings (SSSR count). The van der Waals surface area contributed by atoms with Gasteiger partial charge in [-0.1, -0.05) is 26.2 Å². The Balaban J connectivity index is 2.30. The molecule has 3 unspecified atom stereocenters. The lowest BCUT2D eigenvalue weighted by molar-refractivity contribution is -0.137. The van der Waals surface area contributed by atoms with Crippen LogP contribution in [0.25, 0.3) is 0 Å². The fourth-order valence-corrected chi connectivity index (χ4v) is 2.55. The molecule has 1 aliphatic carbocycles. The molecule has 0 saturated heterocycles. The third-order valence-corrected chi connectivity index (χ3v) is 3.85. The Morgan fingerprint density at radius 2 is 1.95 bits per heavy atom. The quantitative estimate of drug-likeness (QED) is 0.672. The Morgan fingerprint density at radius 1 is 1.26 bits per heavy atom. The van der Waals surface area contributed by atoms with Crippen molar-refractivity contribution in [3.05, 3.63) is 0 Å². The molecule has 5 heteroatoms. The molecule has 0 bridgehead atoms. The molecule has 0 aromatic carbocycles. The zero-order valence-corrected chi connectivity index (χ0v) is 11.9. The fraction of sp³-hybridized carbons (Fsp3) is 0.857. The van der Waals surface area contributed by atoms with Crippen molar-refractivity contribution < 1.29 is 14.7 Å². The summed E-state index contributed by atoms with van der Waals surface area (Å²) in [7, 11) is 0. The second-order valence-electron chi connectivity index (χ2n) is 5.67. The zero-order chi connectivity index (χ0) is 14.3. The number of amides is 2. The number of rotatable bonds is 5. The summed E-state index contributed by atoms with van der Waals surface area (Å²) < 4.78 is 0. The first-order valence-electron chi connectivity index (χ1n) is 7.28. The van der Waals surface area contributed by atoms with Gasteiger partial charge in [-0.2, -0.15) is 0 Å². The predicted octanol–water partition coefficient (Wildman–Crippen LogP) is 2.51. The summed E-state index contributed by atoms with van der Waals surface area (Å²) in [6, 6.07) is -0.0389. The molecule has 19 heavy (non-hydrogen) atoms. The molecule has 5 nitrogen and oxygen atoms in total. The average molecular weight is 270 g/mol. The first-order valence-corrected chi connectivity index (χ1v) is 7.28. The van der Waals surface area contributed by atoms with Crippen LogP contribution in [0.4, 0.5) is 4.79 Å². The smallest absolute Gasteiger partial charge is 0.315 e. The number of hydrogen-bond donors (Lipinski definition) is 3. The van der Waals surface area contributed by atoms with E-state index in [1.807, 2.05) is 6.92 Å².